The lowest BCUT2D eigenvalue weighted by Crippen LogP contribution is -2.41. The van der Waals surface area contributed by atoms with Gasteiger partial charge in [-0.25, -0.2) is 0 Å². The lowest BCUT2D eigenvalue weighted by atomic mass is 9.96. The van der Waals surface area contributed by atoms with Gasteiger partial charge in [0, 0.05) is 34.7 Å². The van der Waals surface area contributed by atoms with Gasteiger partial charge in [-0.2, -0.15) is 0 Å². The van der Waals surface area contributed by atoms with Crippen LogP contribution in [0.1, 0.15) is 23.2 Å². The molecule has 1 saturated heterocycles. The van der Waals surface area contributed by atoms with Crippen molar-refractivity contribution in [1.29, 1.82) is 0 Å². The van der Waals surface area contributed by atoms with E-state index in [9.17, 15) is 14.4 Å². The number of amides is 2. The van der Waals surface area contributed by atoms with Gasteiger partial charge in [0.05, 0.1) is 5.92 Å². The number of hydrogen-bond donors (Lipinski definition) is 1. The summed E-state index contributed by atoms with van der Waals surface area (Å²) >= 11 is 5.87. The van der Waals surface area contributed by atoms with Crippen molar-refractivity contribution < 1.29 is 19.1 Å². The molecule has 7 heteroatoms. The Morgan fingerprint density at radius 2 is 1.62 bits per heavy atom. The molecular formula is C25H23ClN2O4. The van der Waals surface area contributed by atoms with Crippen LogP contribution in [-0.2, 0) is 14.3 Å². The van der Waals surface area contributed by atoms with Gasteiger partial charge < -0.3 is 15.0 Å². The molecule has 0 atom stereocenters. The lowest BCUT2D eigenvalue weighted by Gasteiger charge is -2.31. The van der Waals surface area contributed by atoms with Crippen molar-refractivity contribution in [2.75, 3.05) is 25.0 Å². The number of benzene rings is 3. The van der Waals surface area contributed by atoms with Gasteiger partial charge >= 0.3 is 5.97 Å². The van der Waals surface area contributed by atoms with Gasteiger partial charge in [-0.1, -0.05) is 48.0 Å². The first-order valence-electron chi connectivity index (χ1n) is 10.5. The van der Waals surface area contributed by atoms with Crippen LogP contribution >= 0.6 is 11.6 Å². The second-order valence-electron chi connectivity index (χ2n) is 7.76. The van der Waals surface area contributed by atoms with E-state index in [-0.39, 0.29) is 24.3 Å². The molecule has 164 valence electrons. The second-order valence-corrected chi connectivity index (χ2v) is 8.19. The third-order valence-electron chi connectivity index (χ3n) is 5.62. The average Bonchev–Trinajstić information content (AvgIpc) is 2.83. The van der Waals surface area contributed by atoms with Gasteiger partial charge in [-0.05, 0) is 48.6 Å². The predicted octanol–water partition coefficient (Wildman–Crippen LogP) is 4.53. The first-order chi connectivity index (χ1) is 15.5. The molecule has 32 heavy (non-hydrogen) atoms. The Bertz CT molecular complexity index is 1130. The SMILES string of the molecule is O=C(COC(=O)C1CCN(C(=O)c2ccc(Cl)cc2)CC1)Nc1cccc2ccccc12. The highest BCUT2D eigenvalue weighted by Gasteiger charge is 2.29. The minimum Gasteiger partial charge on any atom is -0.455 e. The number of nitrogens with one attached hydrogen (secondary N) is 1. The minimum atomic E-state index is -0.406. The number of ether oxygens (including phenoxy) is 1. The van der Waals surface area contributed by atoms with E-state index in [0.29, 0.717) is 42.2 Å². The fraction of sp³-hybridized carbons (Fsp3) is 0.240. The molecule has 1 aliphatic heterocycles. The third-order valence-corrected chi connectivity index (χ3v) is 5.87. The molecule has 3 aromatic rings. The molecule has 0 bridgehead atoms. The number of carbonyl (C=O) groups excluding carboxylic acids is 3. The van der Waals surface area contributed by atoms with Crippen molar-refractivity contribution in [3.63, 3.8) is 0 Å². The number of halogens is 1. The molecule has 1 aliphatic rings. The molecule has 0 aliphatic carbocycles. The first kappa shape index (κ1) is 21.8. The van der Waals surface area contributed by atoms with E-state index >= 15 is 0 Å². The van der Waals surface area contributed by atoms with E-state index in [1.807, 2.05) is 42.5 Å². The minimum absolute atomic E-state index is 0.0806. The van der Waals surface area contributed by atoms with Gasteiger partial charge in [0.2, 0.25) is 0 Å². The Balaban J connectivity index is 1.25. The molecule has 4 rings (SSSR count). The summed E-state index contributed by atoms with van der Waals surface area (Å²) < 4.78 is 5.25. The Morgan fingerprint density at radius 3 is 2.38 bits per heavy atom. The Labute approximate surface area is 191 Å². The standard InChI is InChI=1S/C25H23ClN2O4/c26-20-10-8-18(9-11-20)24(30)28-14-12-19(13-15-28)25(31)32-16-23(29)27-22-7-3-5-17-4-1-2-6-21(17)22/h1-11,19H,12-16H2,(H,27,29). The van der Waals surface area contributed by atoms with E-state index in [1.165, 1.54) is 0 Å². The summed E-state index contributed by atoms with van der Waals surface area (Å²) in [7, 11) is 0. The average molecular weight is 451 g/mol. The molecule has 3 aromatic carbocycles. The van der Waals surface area contributed by atoms with Crippen LogP contribution in [-0.4, -0.2) is 42.4 Å². The smallest absolute Gasteiger partial charge is 0.309 e. The fourth-order valence-electron chi connectivity index (χ4n) is 3.87. The first-order valence-corrected chi connectivity index (χ1v) is 10.9. The monoisotopic (exact) mass is 450 g/mol. The van der Waals surface area contributed by atoms with Crippen LogP contribution in [0.2, 0.25) is 5.02 Å². The van der Waals surface area contributed by atoms with Crippen molar-refractivity contribution in [2.45, 2.75) is 12.8 Å². The van der Waals surface area contributed by atoms with E-state index in [4.69, 9.17) is 16.3 Å². The van der Waals surface area contributed by atoms with Gasteiger partial charge in [0.15, 0.2) is 6.61 Å². The summed E-state index contributed by atoms with van der Waals surface area (Å²) in [6, 6.07) is 20.1. The molecule has 0 unspecified atom stereocenters. The molecule has 6 nitrogen and oxygen atoms in total. The zero-order valence-corrected chi connectivity index (χ0v) is 18.2. The number of nitrogens with zero attached hydrogens (tertiary/aromatic N) is 1. The number of likely N-dealkylation sites (tertiary alicyclic amines) is 1. The van der Waals surface area contributed by atoms with Crippen molar-refractivity contribution in [3.8, 4) is 0 Å². The number of carbonyl (C=O) groups is 3. The number of rotatable bonds is 5. The molecule has 1 fully saturated rings. The van der Waals surface area contributed by atoms with E-state index in [1.54, 1.807) is 29.2 Å². The van der Waals surface area contributed by atoms with Gasteiger partial charge in [-0.15, -0.1) is 0 Å². The summed E-state index contributed by atoms with van der Waals surface area (Å²) in [6.07, 6.45) is 1.01. The van der Waals surface area contributed by atoms with Gasteiger partial charge in [-0.3, -0.25) is 14.4 Å². The summed E-state index contributed by atoms with van der Waals surface area (Å²) in [4.78, 5) is 39.1. The van der Waals surface area contributed by atoms with Crippen molar-refractivity contribution in [1.82, 2.24) is 4.90 Å². The van der Waals surface area contributed by atoms with E-state index in [0.717, 1.165) is 10.8 Å². The molecule has 0 spiro atoms. The summed E-state index contributed by atoms with van der Waals surface area (Å²) in [6.45, 7) is 0.582. The Morgan fingerprint density at radius 1 is 0.938 bits per heavy atom. The maximum atomic E-state index is 12.6. The quantitative estimate of drug-likeness (QED) is 0.579. The van der Waals surface area contributed by atoms with Crippen molar-refractivity contribution in [2.24, 2.45) is 5.92 Å². The van der Waals surface area contributed by atoms with Crippen LogP contribution < -0.4 is 5.32 Å². The van der Waals surface area contributed by atoms with Crippen molar-refractivity contribution in [3.05, 3.63) is 77.3 Å². The van der Waals surface area contributed by atoms with Crippen molar-refractivity contribution >= 4 is 45.8 Å². The number of anilines is 1. The van der Waals surface area contributed by atoms with Gasteiger partial charge in [0.1, 0.15) is 0 Å². The maximum absolute atomic E-state index is 12.6. The van der Waals surface area contributed by atoms with Crippen LogP contribution in [0.15, 0.2) is 66.7 Å². The number of esters is 1. The molecule has 1 N–H and O–H groups in total. The number of hydrogen-bond acceptors (Lipinski definition) is 4. The largest absolute Gasteiger partial charge is 0.455 e. The topological polar surface area (TPSA) is 75.7 Å². The Kier molecular flexibility index (Phi) is 6.71. The summed E-state index contributed by atoms with van der Waals surface area (Å²) in [5, 5.41) is 5.32. The van der Waals surface area contributed by atoms with Crippen LogP contribution in [0.4, 0.5) is 5.69 Å². The molecule has 0 radical (unpaired) electrons. The van der Waals surface area contributed by atoms with Crippen LogP contribution in [0, 0.1) is 5.92 Å². The summed E-state index contributed by atoms with van der Waals surface area (Å²) in [5.74, 6) is -1.20. The molecule has 0 aromatic heterocycles. The summed E-state index contributed by atoms with van der Waals surface area (Å²) in [5.41, 5.74) is 1.25. The Hall–Kier alpha value is -3.38. The molecule has 2 amide bonds. The maximum Gasteiger partial charge on any atom is 0.309 e. The fourth-order valence-corrected chi connectivity index (χ4v) is 3.99. The number of piperidine rings is 1. The zero-order chi connectivity index (χ0) is 22.5. The number of fused-ring (bicyclic) bond motifs is 1. The molecular weight excluding hydrogens is 428 g/mol. The lowest BCUT2D eigenvalue weighted by molar-refractivity contribution is -0.152. The van der Waals surface area contributed by atoms with Crippen LogP contribution in [0.25, 0.3) is 10.8 Å². The highest BCUT2D eigenvalue weighted by molar-refractivity contribution is 6.30. The predicted molar refractivity (Wildman–Crippen MR) is 124 cm³/mol. The van der Waals surface area contributed by atoms with Gasteiger partial charge in [0.25, 0.3) is 11.8 Å². The third kappa shape index (κ3) is 5.08. The zero-order valence-electron chi connectivity index (χ0n) is 17.4. The molecule has 0 saturated carbocycles. The highest BCUT2D eigenvalue weighted by atomic mass is 35.5. The highest BCUT2D eigenvalue weighted by Crippen LogP contribution is 2.23. The van der Waals surface area contributed by atoms with E-state index in [2.05, 4.69) is 5.32 Å². The molecule has 1 heterocycles. The van der Waals surface area contributed by atoms with E-state index < -0.39 is 5.97 Å². The van der Waals surface area contributed by atoms with Crippen LogP contribution in [0.3, 0.4) is 0 Å². The van der Waals surface area contributed by atoms with Crippen LogP contribution in [0.5, 0.6) is 0 Å². The normalized spacial score (nSPS) is 14.2. The second kappa shape index (κ2) is 9.83.